The number of H-pyrrole nitrogens is 1. The Kier molecular flexibility index (Phi) is 8.22. The van der Waals surface area contributed by atoms with Crippen LogP contribution in [0.15, 0.2) is 30.5 Å². The number of nitrogens with two attached hydrogens (primary N) is 1. The summed E-state index contributed by atoms with van der Waals surface area (Å²) in [7, 11) is 4.20. The summed E-state index contributed by atoms with van der Waals surface area (Å²) < 4.78 is 0. The third-order valence-corrected chi connectivity index (χ3v) is 4.94. The van der Waals surface area contributed by atoms with Crippen LogP contribution in [0.5, 0.6) is 0 Å². The second-order valence-electron chi connectivity index (χ2n) is 6.69. The molecule has 140 valence electrons. The molecule has 3 N–H and O–H groups in total. The molecule has 7 heteroatoms. The largest absolute Gasteiger partial charge is 0.361 e. The zero-order valence-corrected chi connectivity index (χ0v) is 16.4. The van der Waals surface area contributed by atoms with E-state index in [2.05, 4.69) is 30.0 Å². The minimum absolute atomic E-state index is 0. The predicted molar refractivity (Wildman–Crippen MR) is 108 cm³/mol. The molecule has 0 spiro atoms. The SMILES string of the molecule is CN(C)C1CCN(C(=O)[C@@H](N)Cc2c[nH]c3ccccc23)CC1.Cl.Cl. The number of hydrogen-bond donors (Lipinski definition) is 2. The van der Waals surface area contributed by atoms with E-state index >= 15 is 0 Å². The Morgan fingerprint density at radius 2 is 1.92 bits per heavy atom. The van der Waals surface area contributed by atoms with E-state index in [0.717, 1.165) is 42.4 Å². The highest BCUT2D eigenvalue weighted by atomic mass is 35.5. The number of carbonyl (C=O) groups excluding carboxylic acids is 1. The summed E-state index contributed by atoms with van der Waals surface area (Å²) in [6.07, 6.45) is 4.60. The average Bonchev–Trinajstić information content (AvgIpc) is 2.97. The fourth-order valence-corrected chi connectivity index (χ4v) is 3.46. The van der Waals surface area contributed by atoms with Crippen molar-refractivity contribution in [2.45, 2.75) is 31.3 Å². The van der Waals surface area contributed by atoms with Gasteiger partial charge in [0.1, 0.15) is 0 Å². The number of aromatic amines is 1. The zero-order valence-electron chi connectivity index (χ0n) is 14.8. The van der Waals surface area contributed by atoms with E-state index in [1.807, 2.05) is 29.3 Å². The van der Waals surface area contributed by atoms with Crippen LogP contribution in [-0.2, 0) is 11.2 Å². The molecule has 3 rings (SSSR count). The van der Waals surface area contributed by atoms with E-state index in [1.54, 1.807) is 0 Å². The van der Waals surface area contributed by atoms with Gasteiger partial charge in [-0.15, -0.1) is 24.8 Å². The number of piperidine rings is 1. The van der Waals surface area contributed by atoms with Crippen molar-refractivity contribution in [3.05, 3.63) is 36.0 Å². The van der Waals surface area contributed by atoms with Crippen molar-refractivity contribution < 1.29 is 4.79 Å². The lowest BCUT2D eigenvalue weighted by atomic mass is 10.0. The Bertz CT molecular complexity index is 681. The maximum atomic E-state index is 12.6. The Labute approximate surface area is 161 Å². The smallest absolute Gasteiger partial charge is 0.239 e. The summed E-state index contributed by atoms with van der Waals surface area (Å²) in [6, 6.07) is 8.23. The molecule has 1 aromatic heterocycles. The molecule has 0 unspecified atom stereocenters. The van der Waals surface area contributed by atoms with Crippen LogP contribution >= 0.6 is 24.8 Å². The molecule has 0 bridgehead atoms. The molecule has 0 aliphatic carbocycles. The molecule has 0 saturated carbocycles. The fourth-order valence-electron chi connectivity index (χ4n) is 3.46. The number of fused-ring (bicyclic) bond motifs is 1. The average molecular weight is 387 g/mol. The highest BCUT2D eigenvalue weighted by molar-refractivity contribution is 5.86. The number of para-hydroxylation sites is 1. The lowest BCUT2D eigenvalue weighted by Crippen LogP contribution is -2.50. The number of halogens is 2. The van der Waals surface area contributed by atoms with Gasteiger partial charge < -0.3 is 20.5 Å². The first-order valence-electron chi connectivity index (χ1n) is 8.32. The zero-order chi connectivity index (χ0) is 16.4. The van der Waals surface area contributed by atoms with E-state index in [9.17, 15) is 4.79 Å². The van der Waals surface area contributed by atoms with Crippen molar-refractivity contribution in [1.29, 1.82) is 0 Å². The number of carbonyl (C=O) groups is 1. The molecular weight excluding hydrogens is 359 g/mol. The van der Waals surface area contributed by atoms with E-state index in [1.165, 1.54) is 0 Å². The number of nitrogens with one attached hydrogen (secondary N) is 1. The Hall–Kier alpha value is -1.27. The Balaban J connectivity index is 0.00000156. The standard InChI is InChI=1S/C18H26N4O.2ClH/c1-21(2)14-7-9-22(10-8-14)18(23)16(19)11-13-12-20-17-6-4-3-5-15(13)17;;/h3-6,12,14,16,20H,7-11,19H2,1-2H3;2*1H/t16-;;/m0../s1. The van der Waals surface area contributed by atoms with Crippen LogP contribution in [-0.4, -0.2) is 60.0 Å². The van der Waals surface area contributed by atoms with E-state index < -0.39 is 6.04 Å². The number of benzene rings is 1. The first kappa shape index (κ1) is 21.8. The molecule has 25 heavy (non-hydrogen) atoms. The Morgan fingerprint density at radius 1 is 1.28 bits per heavy atom. The number of aromatic nitrogens is 1. The third-order valence-electron chi connectivity index (χ3n) is 4.94. The van der Waals surface area contributed by atoms with E-state index in [4.69, 9.17) is 5.73 Å². The summed E-state index contributed by atoms with van der Waals surface area (Å²) in [6.45, 7) is 1.62. The van der Waals surface area contributed by atoms with Gasteiger partial charge in [-0.1, -0.05) is 18.2 Å². The summed E-state index contributed by atoms with van der Waals surface area (Å²) >= 11 is 0. The molecular formula is C18H28Cl2N4O. The van der Waals surface area contributed by atoms with Gasteiger partial charge in [0.2, 0.25) is 5.91 Å². The topological polar surface area (TPSA) is 65.4 Å². The van der Waals surface area contributed by atoms with Crippen LogP contribution in [0.2, 0.25) is 0 Å². The van der Waals surface area contributed by atoms with Crippen LogP contribution in [0.4, 0.5) is 0 Å². The summed E-state index contributed by atoms with van der Waals surface area (Å²) in [5.41, 5.74) is 8.42. The number of hydrogen-bond acceptors (Lipinski definition) is 3. The van der Waals surface area contributed by atoms with Gasteiger partial charge in [-0.25, -0.2) is 0 Å². The molecule has 1 aliphatic rings. The lowest BCUT2D eigenvalue weighted by molar-refractivity contribution is -0.134. The van der Waals surface area contributed by atoms with Gasteiger partial charge in [-0.2, -0.15) is 0 Å². The first-order valence-corrected chi connectivity index (χ1v) is 8.32. The molecule has 2 heterocycles. The van der Waals surface area contributed by atoms with Crippen LogP contribution in [0.1, 0.15) is 18.4 Å². The molecule has 1 amide bonds. The van der Waals surface area contributed by atoms with E-state index in [-0.39, 0.29) is 30.7 Å². The number of nitrogens with zero attached hydrogens (tertiary/aromatic N) is 2. The Morgan fingerprint density at radius 3 is 2.56 bits per heavy atom. The van der Waals surface area contributed by atoms with Crippen molar-refractivity contribution >= 4 is 41.6 Å². The maximum Gasteiger partial charge on any atom is 0.239 e. The minimum atomic E-state index is -0.467. The summed E-state index contributed by atoms with van der Waals surface area (Å²) in [5.74, 6) is 0.0764. The third kappa shape index (κ3) is 4.88. The molecule has 1 atom stereocenters. The van der Waals surface area contributed by atoms with Crippen LogP contribution in [0.25, 0.3) is 10.9 Å². The number of rotatable bonds is 4. The molecule has 2 aromatic rings. The second-order valence-corrected chi connectivity index (χ2v) is 6.69. The van der Waals surface area contributed by atoms with Crippen LogP contribution < -0.4 is 5.73 Å². The quantitative estimate of drug-likeness (QED) is 0.847. The fraction of sp³-hybridized carbons (Fsp3) is 0.500. The highest BCUT2D eigenvalue weighted by Gasteiger charge is 2.27. The number of amides is 1. The van der Waals surface area contributed by atoms with Crippen molar-refractivity contribution in [2.75, 3.05) is 27.2 Å². The van der Waals surface area contributed by atoms with Gasteiger partial charge in [0.25, 0.3) is 0 Å². The van der Waals surface area contributed by atoms with Crippen molar-refractivity contribution in [3.8, 4) is 0 Å². The summed E-state index contributed by atoms with van der Waals surface area (Å²) in [4.78, 5) is 20.0. The van der Waals surface area contributed by atoms with E-state index in [0.29, 0.717) is 12.5 Å². The van der Waals surface area contributed by atoms with Crippen molar-refractivity contribution in [3.63, 3.8) is 0 Å². The molecule has 1 aliphatic heterocycles. The van der Waals surface area contributed by atoms with Gasteiger partial charge >= 0.3 is 0 Å². The normalized spacial score (nSPS) is 16.4. The van der Waals surface area contributed by atoms with Crippen molar-refractivity contribution in [2.24, 2.45) is 5.73 Å². The first-order chi connectivity index (χ1) is 11.1. The predicted octanol–water partition coefficient (Wildman–Crippen LogP) is 2.43. The summed E-state index contributed by atoms with van der Waals surface area (Å²) in [5, 5.41) is 1.15. The van der Waals surface area contributed by atoms with Crippen molar-refractivity contribution in [1.82, 2.24) is 14.8 Å². The van der Waals surface area contributed by atoms with Gasteiger partial charge in [-0.05, 0) is 45.0 Å². The highest BCUT2D eigenvalue weighted by Crippen LogP contribution is 2.20. The van der Waals surface area contributed by atoms with Crippen LogP contribution in [0, 0.1) is 0 Å². The minimum Gasteiger partial charge on any atom is -0.361 e. The maximum absolute atomic E-state index is 12.6. The molecule has 1 saturated heterocycles. The molecule has 1 aromatic carbocycles. The monoisotopic (exact) mass is 386 g/mol. The van der Waals surface area contributed by atoms with Gasteiger partial charge in [0, 0.05) is 36.2 Å². The molecule has 0 radical (unpaired) electrons. The van der Waals surface area contributed by atoms with Gasteiger partial charge in [0.05, 0.1) is 6.04 Å². The molecule has 5 nitrogen and oxygen atoms in total. The van der Waals surface area contributed by atoms with Crippen LogP contribution in [0.3, 0.4) is 0 Å². The lowest BCUT2D eigenvalue weighted by Gasteiger charge is -2.36. The van der Waals surface area contributed by atoms with Gasteiger partial charge in [-0.3, -0.25) is 4.79 Å². The number of likely N-dealkylation sites (tertiary alicyclic amines) is 1. The second kappa shape index (κ2) is 9.43. The molecule has 1 fully saturated rings. The van der Waals surface area contributed by atoms with Gasteiger partial charge in [0.15, 0.2) is 0 Å².